The van der Waals surface area contributed by atoms with Crippen LogP contribution in [0.15, 0.2) is 65.5 Å². The summed E-state index contributed by atoms with van der Waals surface area (Å²) in [5, 5.41) is 2.92. The van der Waals surface area contributed by atoms with Crippen LogP contribution in [0, 0.1) is 0 Å². The number of likely N-dealkylation sites (tertiary alicyclic amines) is 1. The molecule has 2 aliphatic rings. The molecule has 1 aromatic carbocycles. The molecule has 188 valence electrons. The first-order valence-corrected chi connectivity index (χ1v) is 11.8. The van der Waals surface area contributed by atoms with E-state index in [4.69, 9.17) is 4.42 Å². The summed E-state index contributed by atoms with van der Waals surface area (Å²) < 4.78 is 46.0. The number of hydrogen-bond acceptors (Lipinski definition) is 5. The SMILES string of the molecule is O=C(NC(c1ccccc1)c1ccc(C2CC(F)(F)C2)cn1)C1CC(F)CN1C(=O)Cc1ncco1. The van der Waals surface area contributed by atoms with E-state index in [0.717, 1.165) is 11.1 Å². The van der Waals surface area contributed by atoms with E-state index in [9.17, 15) is 22.8 Å². The van der Waals surface area contributed by atoms with Crippen molar-refractivity contribution in [2.45, 2.75) is 55.8 Å². The van der Waals surface area contributed by atoms with Crippen LogP contribution < -0.4 is 5.32 Å². The van der Waals surface area contributed by atoms with Gasteiger partial charge in [-0.1, -0.05) is 36.4 Å². The molecule has 1 saturated carbocycles. The smallest absolute Gasteiger partial charge is 0.249 e. The lowest BCUT2D eigenvalue weighted by Gasteiger charge is -2.35. The van der Waals surface area contributed by atoms with Gasteiger partial charge in [0.05, 0.1) is 24.5 Å². The molecule has 0 bridgehead atoms. The number of alkyl halides is 3. The number of benzene rings is 1. The molecule has 1 aliphatic heterocycles. The van der Waals surface area contributed by atoms with Crippen LogP contribution in [-0.4, -0.2) is 51.4 Å². The Labute approximate surface area is 205 Å². The largest absolute Gasteiger partial charge is 0.448 e. The zero-order chi connectivity index (χ0) is 25.3. The Morgan fingerprint density at radius 2 is 1.92 bits per heavy atom. The summed E-state index contributed by atoms with van der Waals surface area (Å²) in [5.41, 5.74) is 1.98. The third kappa shape index (κ3) is 5.12. The topological polar surface area (TPSA) is 88.3 Å². The van der Waals surface area contributed by atoms with E-state index in [1.165, 1.54) is 17.4 Å². The van der Waals surface area contributed by atoms with Crippen molar-refractivity contribution >= 4 is 11.8 Å². The number of hydrogen-bond donors (Lipinski definition) is 1. The highest BCUT2D eigenvalue weighted by atomic mass is 19.3. The number of rotatable bonds is 7. The van der Waals surface area contributed by atoms with Gasteiger partial charge in [-0.15, -0.1) is 0 Å². The molecule has 10 heteroatoms. The summed E-state index contributed by atoms with van der Waals surface area (Å²) in [5.74, 6) is -3.63. The van der Waals surface area contributed by atoms with Crippen molar-refractivity contribution in [3.05, 3.63) is 83.8 Å². The lowest BCUT2D eigenvalue weighted by molar-refractivity contribution is -0.138. The second-order valence-corrected chi connectivity index (χ2v) is 9.33. The zero-order valence-electron chi connectivity index (χ0n) is 19.3. The molecular weight excluding hydrogens is 473 g/mol. The van der Waals surface area contributed by atoms with Crippen molar-refractivity contribution < 1.29 is 27.2 Å². The molecule has 7 nitrogen and oxygen atoms in total. The van der Waals surface area contributed by atoms with Gasteiger partial charge in [0.1, 0.15) is 24.9 Å². The summed E-state index contributed by atoms with van der Waals surface area (Å²) in [7, 11) is 0. The van der Waals surface area contributed by atoms with E-state index < -0.39 is 36.0 Å². The highest BCUT2D eigenvalue weighted by Gasteiger charge is 2.46. The van der Waals surface area contributed by atoms with Gasteiger partial charge in [0.15, 0.2) is 0 Å². The molecule has 3 unspecified atom stereocenters. The van der Waals surface area contributed by atoms with E-state index in [1.54, 1.807) is 18.3 Å². The number of nitrogens with zero attached hydrogens (tertiary/aromatic N) is 3. The van der Waals surface area contributed by atoms with Gasteiger partial charge in [0, 0.05) is 25.5 Å². The Bertz CT molecular complexity index is 1200. The number of oxazole rings is 1. The number of aromatic nitrogens is 2. The van der Waals surface area contributed by atoms with E-state index in [2.05, 4.69) is 15.3 Å². The summed E-state index contributed by atoms with van der Waals surface area (Å²) in [6.07, 6.45) is 2.30. The van der Waals surface area contributed by atoms with Crippen molar-refractivity contribution in [2.24, 2.45) is 0 Å². The van der Waals surface area contributed by atoms with E-state index in [0.29, 0.717) is 5.69 Å². The molecule has 5 rings (SSSR count). The molecule has 3 heterocycles. The standard InChI is InChI=1S/C26H25F3N4O3/c27-19-10-21(33(15-19)23(34)11-22-30-8-9-36-22)25(35)32-24(16-4-2-1-3-5-16)20-7-6-17(14-31-20)18-12-26(28,29)13-18/h1-9,14,18-19,21,24H,10-13,15H2,(H,32,35). The fourth-order valence-corrected chi connectivity index (χ4v) is 4.82. The minimum absolute atomic E-state index is 0.118. The molecule has 1 saturated heterocycles. The molecule has 2 amide bonds. The van der Waals surface area contributed by atoms with Crippen LogP contribution in [0.4, 0.5) is 13.2 Å². The van der Waals surface area contributed by atoms with Crippen molar-refractivity contribution in [3.8, 4) is 0 Å². The Hall–Kier alpha value is -3.69. The van der Waals surface area contributed by atoms with Gasteiger partial charge in [-0.3, -0.25) is 14.6 Å². The highest BCUT2D eigenvalue weighted by Crippen LogP contribution is 2.48. The molecule has 0 radical (unpaired) electrons. The van der Waals surface area contributed by atoms with Crippen LogP contribution in [0.5, 0.6) is 0 Å². The maximum atomic E-state index is 14.3. The summed E-state index contributed by atoms with van der Waals surface area (Å²) in [6.45, 7) is -0.188. The number of nitrogens with one attached hydrogen (secondary N) is 1. The van der Waals surface area contributed by atoms with Gasteiger partial charge in [0.2, 0.25) is 23.6 Å². The third-order valence-corrected chi connectivity index (χ3v) is 6.74. The number of carbonyl (C=O) groups is 2. The molecule has 1 aliphatic carbocycles. The lowest BCUT2D eigenvalue weighted by Crippen LogP contribution is -2.47. The van der Waals surface area contributed by atoms with Crippen LogP contribution in [0.25, 0.3) is 0 Å². The van der Waals surface area contributed by atoms with Crippen LogP contribution >= 0.6 is 0 Å². The molecular formula is C26H25F3N4O3. The number of carbonyl (C=O) groups excluding carboxylic acids is 2. The summed E-state index contributed by atoms with van der Waals surface area (Å²) >= 11 is 0. The van der Waals surface area contributed by atoms with Crippen LogP contribution in [0.1, 0.15) is 53.9 Å². The Morgan fingerprint density at radius 3 is 2.56 bits per heavy atom. The Balaban J connectivity index is 1.34. The average molecular weight is 499 g/mol. The highest BCUT2D eigenvalue weighted by molar-refractivity contribution is 5.89. The molecule has 0 spiro atoms. The van der Waals surface area contributed by atoms with Crippen molar-refractivity contribution in [3.63, 3.8) is 0 Å². The average Bonchev–Trinajstić information content (AvgIpc) is 3.51. The molecule has 36 heavy (non-hydrogen) atoms. The minimum Gasteiger partial charge on any atom is -0.448 e. The zero-order valence-corrected chi connectivity index (χ0v) is 19.3. The van der Waals surface area contributed by atoms with Crippen LogP contribution in [-0.2, 0) is 16.0 Å². The van der Waals surface area contributed by atoms with E-state index in [-0.39, 0.29) is 44.0 Å². The monoisotopic (exact) mass is 498 g/mol. The molecule has 2 aromatic heterocycles. The predicted octanol–water partition coefficient (Wildman–Crippen LogP) is 3.97. The van der Waals surface area contributed by atoms with Gasteiger partial charge in [-0.2, -0.15) is 0 Å². The van der Waals surface area contributed by atoms with Gasteiger partial charge in [-0.25, -0.2) is 18.2 Å². The maximum Gasteiger partial charge on any atom is 0.249 e. The minimum atomic E-state index is -2.63. The number of amides is 2. The van der Waals surface area contributed by atoms with Crippen LogP contribution in [0.2, 0.25) is 0 Å². The second kappa shape index (κ2) is 9.75. The first kappa shape index (κ1) is 24.0. The van der Waals surface area contributed by atoms with Crippen molar-refractivity contribution in [1.29, 1.82) is 0 Å². The first-order valence-electron chi connectivity index (χ1n) is 11.8. The quantitative estimate of drug-likeness (QED) is 0.533. The van der Waals surface area contributed by atoms with Gasteiger partial charge in [0.25, 0.3) is 0 Å². The van der Waals surface area contributed by atoms with Gasteiger partial charge < -0.3 is 14.6 Å². The lowest BCUT2D eigenvalue weighted by atomic mass is 9.77. The predicted molar refractivity (Wildman–Crippen MR) is 123 cm³/mol. The van der Waals surface area contributed by atoms with Gasteiger partial charge in [-0.05, 0) is 23.1 Å². The number of pyridine rings is 1. The third-order valence-electron chi connectivity index (χ3n) is 6.74. The van der Waals surface area contributed by atoms with E-state index >= 15 is 0 Å². The second-order valence-electron chi connectivity index (χ2n) is 9.33. The first-order chi connectivity index (χ1) is 17.3. The summed E-state index contributed by atoms with van der Waals surface area (Å²) in [6, 6.07) is 10.9. The fourth-order valence-electron chi connectivity index (χ4n) is 4.82. The fraction of sp³-hybridized carbons (Fsp3) is 0.385. The van der Waals surface area contributed by atoms with Gasteiger partial charge >= 0.3 is 0 Å². The van der Waals surface area contributed by atoms with Crippen molar-refractivity contribution in [2.75, 3.05) is 6.54 Å². The molecule has 2 fully saturated rings. The molecule has 3 aromatic rings. The number of halogens is 3. The molecule has 1 N–H and O–H groups in total. The maximum absolute atomic E-state index is 14.3. The van der Waals surface area contributed by atoms with Crippen molar-refractivity contribution in [1.82, 2.24) is 20.2 Å². The van der Waals surface area contributed by atoms with E-state index in [1.807, 2.05) is 30.3 Å². The Kier molecular flexibility index (Phi) is 6.51. The van der Waals surface area contributed by atoms with Crippen LogP contribution in [0.3, 0.4) is 0 Å². The molecule has 3 atom stereocenters. The summed E-state index contributed by atoms with van der Waals surface area (Å²) in [4.78, 5) is 35.8. The Morgan fingerprint density at radius 1 is 1.14 bits per heavy atom. The normalized spacial score (nSPS) is 22.1.